The fourth-order valence-electron chi connectivity index (χ4n) is 0.792. The minimum absolute atomic E-state index is 0.492. The van der Waals surface area contributed by atoms with Crippen LogP contribution in [0.3, 0.4) is 0 Å². The summed E-state index contributed by atoms with van der Waals surface area (Å²) in [6, 6.07) is 1.78. The van der Waals surface area contributed by atoms with Crippen LogP contribution in [-0.2, 0) is 0 Å². The lowest BCUT2D eigenvalue weighted by Gasteiger charge is -2.08. The van der Waals surface area contributed by atoms with Gasteiger partial charge in [-0.05, 0) is 27.9 Å². The van der Waals surface area contributed by atoms with Gasteiger partial charge in [0.05, 0.1) is 23.0 Å². The number of nitrogens with zero attached hydrogens (tertiary/aromatic N) is 1. The third-order valence-corrected chi connectivity index (χ3v) is 1.95. The molecule has 1 heterocycles. The molecule has 0 saturated carbocycles. The van der Waals surface area contributed by atoms with Crippen LogP contribution >= 0.6 is 15.9 Å². The van der Waals surface area contributed by atoms with Crippen molar-refractivity contribution in [1.29, 1.82) is 0 Å². The number of aromatic nitrogens is 1. The van der Waals surface area contributed by atoms with E-state index in [1.807, 2.05) is 0 Å². The van der Waals surface area contributed by atoms with Gasteiger partial charge in [-0.3, -0.25) is 0 Å². The van der Waals surface area contributed by atoms with Crippen LogP contribution in [0.15, 0.2) is 16.7 Å². The molecule has 0 aliphatic rings. The van der Waals surface area contributed by atoms with Crippen LogP contribution in [0.4, 0.5) is 5.69 Å². The topological polar surface area (TPSA) is 48.1 Å². The maximum Gasteiger partial charge on any atom is 0.228 e. The lowest BCUT2D eigenvalue weighted by Crippen LogP contribution is -2.06. The zero-order chi connectivity index (χ0) is 9.84. The molecule has 0 bridgehead atoms. The molecule has 0 aromatic carbocycles. The lowest BCUT2D eigenvalue weighted by atomic mass is 10.2. The molecule has 3 nitrogen and oxygen atoms in total. The Morgan fingerprint density at radius 2 is 2.31 bits per heavy atom. The van der Waals surface area contributed by atoms with E-state index in [-0.39, 0.29) is 0 Å². The number of hydrogen-bond acceptors (Lipinski definition) is 3. The second-order valence-electron chi connectivity index (χ2n) is 3.26. The molecule has 2 N–H and O–H groups in total. The molecular weight excluding hydrogens is 232 g/mol. The first-order valence-electron chi connectivity index (χ1n) is 4.13. The highest BCUT2D eigenvalue weighted by Gasteiger charge is 2.03. The first-order chi connectivity index (χ1) is 6.09. The number of pyridine rings is 1. The number of halogens is 1. The predicted molar refractivity (Wildman–Crippen MR) is 56.7 cm³/mol. The Morgan fingerprint density at radius 1 is 1.62 bits per heavy atom. The minimum Gasteiger partial charge on any atom is -0.477 e. The molecule has 0 unspecified atom stereocenters. The van der Waals surface area contributed by atoms with Gasteiger partial charge in [0.1, 0.15) is 0 Å². The molecule has 72 valence electrons. The summed E-state index contributed by atoms with van der Waals surface area (Å²) < 4.78 is 6.24. The molecule has 1 aromatic rings. The Morgan fingerprint density at radius 3 is 2.85 bits per heavy atom. The number of hydrogen-bond donors (Lipinski definition) is 1. The number of anilines is 1. The highest BCUT2D eigenvalue weighted by molar-refractivity contribution is 9.10. The van der Waals surface area contributed by atoms with Gasteiger partial charge in [-0.25, -0.2) is 4.98 Å². The van der Waals surface area contributed by atoms with Crippen molar-refractivity contribution >= 4 is 21.6 Å². The first kappa shape index (κ1) is 10.3. The van der Waals surface area contributed by atoms with Crippen molar-refractivity contribution in [1.82, 2.24) is 4.98 Å². The van der Waals surface area contributed by atoms with Gasteiger partial charge < -0.3 is 10.5 Å². The molecule has 0 spiro atoms. The average Bonchev–Trinajstić information content (AvgIpc) is 2.02. The van der Waals surface area contributed by atoms with Crippen LogP contribution in [-0.4, -0.2) is 11.6 Å². The molecule has 0 aliphatic heterocycles. The number of nitrogens with two attached hydrogens (primary N) is 1. The molecule has 1 aromatic heterocycles. The molecule has 13 heavy (non-hydrogen) atoms. The highest BCUT2D eigenvalue weighted by atomic mass is 79.9. The van der Waals surface area contributed by atoms with E-state index in [1.165, 1.54) is 0 Å². The Bertz CT molecular complexity index is 289. The normalized spacial score (nSPS) is 10.5. The maximum absolute atomic E-state index is 5.54. The molecule has 0 amide bonds. The third kappa shape index (κ3) is 3.22. The molecule has 0 fully saturated rings. The zero-order valence-corrected chi connectivity index (χ0v) is 9.34. The third-order valence-electron chi connectivity index (χ3n) is 1.38. The number of rotatable bonds is 3. The van der Waals surface area contributed by atoms with Crippen LogP contribution in [0.2, 0.25) is 0 Å². The van der Waals surface area contributed by atoms with Crippen molar-refractivity contribution in [3.8, 4) is 5.88 Å². The SMILES string of the molecule is CC(C)COc1ncc(N)cc1Br. The van der Waals surface area contributed by atoms with Crippen molar-refractivity contribution in [2.75, 3.05) is 12.3 Å². The van der Waals surface area contributed by atoms with Crippen molar-refractivity contribution < 1.29 is 4.74 Å². The summed E-state index contributed by atoms with van der Waals surface area (Å²) in [6.45, 7) is 4.84. The predicted octanol–water partition coefficient (Wildman–Crippen LogP) is 2.46. The van der Waals surface area contributed by atoms with Crippen LogP contribution < -0.4 is 10.5 Å². The minimum atomic E-state index is 0.492. The number of ether oxygens (including phenoxy) is 1. The molecule has 4 heteroatoms. The van der Waals surface area contributed by atoms with E-state index in [0.717, 1.165) is 4.47 Å². The summed E-state index contributed by atoms with van der Waals surface area (Å²) in [5.41, 5.74) is 6.16. The van der Waals surface area contributed by atoms with Gasteiger partial charge in [-0.15, -0.1) is 0 Å². The Labute approximate surface area is 86.4 Å². The van der Waals surface area contributed by atoms with Crippen LogP contribution in [0, 0.1) is 5.92 Å². The summed E-state index contributed by atoms with van der Waals surface area (Å²) in [5.74, 6) is 1.09. The Hall–Kier alpha value is -0.770. The van der Waals surface area contributed by atoms with Gasteiger partial charge in [0.15, 0.2) is 0 Å². The van der Waals surface area contributed by atoms with Gasteiger partial charge in [0.2, 0.25) is 5.88 Å². The van der Waals surface area contributed by atoms with E-state index in [9.17, 15) is 0 Å². The van der Waals surface area contributed by atoms with Gasteiger partial charge in [-0.2, -0.15) is 0 Å². The van der Waals surface area contributed by atoms with Crippen LogP contribution in [0.25, 0.3) is 0 Å². The van der Waals surface area contributed by atoms with Crippen molar-refractivity contribution in [2.24, 2.45) is 5.92 Å². The number of nitrogen functional groups attached to an aromatic ring is 1. The Kier molecular flexibility index (Phi) is 3.54. The molecule has 0 aliphatic carbocycles. The second-order valence-corrected chi connectivity index (χ2v) is 4.11. The monoisotopic (exact) mass is 244 g/mol. The second kappa shape index (κ2) is 4.46. The van der Waals surface area contributed by atoms with Gasteiger partial charge in [0.25, 0.3) is 0 Å². The average molecular weight is 245 g/mol. The first-order valence-corrected chi connectivity index (χ1v) is 4.92. The quantitative estimate of drug-likeness (QED) is 0.889. The largest absolute Gasteiger partial charge is 0.477 e. The smallest absolute Gasteiger partial charge is 0.228 e. The van der Waals surface area contributed by atoms with E-state index < -0.39 is 0 Å². The van der Waals surface area contributed by atoms with E-state index in [0.29, 0.717) is 24.1 Å². The summed E-state index contributed by atoms with van der Waals surface area (Å²) >= 11 is 3.33. The van der Waals surface area contributed by atoms with Crippen molar-refractivity contribution in [2.45, 2.75) is 13.8 Å². The van der Waals surface area contributed by atoms with E-state index >= 15 is 0 Å². The fourth-order valence-corrected chi connectivity index (χ4v) is 1.27. The van der Waals surface area contributed by atoms with Crippen molar-refractivity contribution in [3.63, 3.8) is 0 Å². The molecule has 0 radical (unpaired) electrons. The van der Waals surface area contributed by atoms with Gasteiger partial charge >= 0.3 is 0 Å². The summed E-state index contributed by atoms with van der Waals surface area (Å²) in [7, 11) is 0. The standard InChI is InChI=1S/C9H13BrN2O/c1-6(2)5-13-9-8(10)3-7(11)4-12-9/h3-4,6H,5,11H2,1-2H3. The zero-order valence-electron chi connectivity index (χ0n) is 7.75. The van der Waals surface area contributed by atoms with E-state index in [4.69, 9.17) is 10.5 Å². The molecule has 0 saturated heterocycles. The van der Waals surface area contributed by atoms with Crippen molar-refractivity contribution in [3.05, 3.63) is 16.7 Å². The van der Waals surface area contributed by atoms with Crippen LogP contribution in [0.5, 0.6) is 5.88 Å². The van der Waals surface area contributed by atoms with E-state index in [1.54, 1.807) is 12.3 Å². The highest BCUT2D eigenvalue weighted by Crippen LogP contribution is 2.24. The van der Waals surface area contributed by atoms with Crippen LogP contribution in [0.1, 0.15) is 13.8 Å². The summed E-state index contributed by atoms with van der Waals surface area (Å²) in [6.07, 6.45) is 1.58. The summed E-state index contributed by atoms with van der Waals surface area (Å²) in [5, 5.41) is 0. The van der Waals surface area contributed by atoms with E-state index in [2.05, 4.69) is 34.8 Å². The molecular formula is C9H13BrN2O. The van der Waals surface area contributed by atoms with Gasteiger partial charge in [-0.1, -0.05) is 13.8 Å². The molecule has 1 rings (SSSR count). The maximum atomic E-state index is 5.54. The van der Waals surface area contributed by atoms with Gasteiger partial charge in [0, 0.05) is 0 Å². The lowest BCUT2D eigenvalue weighted by molar-refractivity contribution is 0.260. The summed E-state index contributed by atoms with van der Waals surface area (Å²) in [4.78, 5) is 4.06. The molecule has 0 atom stereocenters. The fraction of sp³-hybridized carbons (Fsp3) is 0.444. The Balaban J connectivity index is 2.67.